The first-order valence-electron chi connectivity index (χ1n) is 3.81. The van der Waals surface area contributed by atoms with E-state index in [1.54, 1.807) is 0 Å². The second-order valence-electron chi connectivity index (χ2n) is 2.99. The van der Waals surface area contributed by atoms with Gasteiger partial charge in [-0.25, -0.2) is 0 Å². The van der Waals surface area contributed by atoms with E-state index in [0.29, 0.717) is 6.42 Å². The average molecular weight is 207 g/mol. The van der Waals surface area contributed by atoms with Crippen molar-refractivity contribution in [3.8, 4) is 0 Å². The van der Waals surface area contributed by atoms with Crippen molar-refractivity contribution in [1.29, 1.82) is 0 Å². The fraction of sp³-hybridized carbons (Fsp3) is 0.875. The standard InChI is InChI=1S/C8H15BrO/c1-7(2)5-3-4-6-8(9)10/h7H,3-6H2,1-2H3. The van der Waals surface area contributed by atoms with E-state index in [1.165, 1.54) is 12.8 Å². The first-order valence-corrected chi connectivity index (χ1v) is 4.60. The second kappa shape index (κ2) is 5.90. The van der Waals surface area contributed by atoms with Gasteiger partial charge in [0.1, 0.15) is 0 Å². The van der Waals surface area contributed by atoms with E-state index in [9.17, 15) is 4.79 Å². The third-order valence-electron chi connectivity index (χ3n) is 1.40. The summed E-state index contributed by atoms with van der Waals surface area (Å²) < 4.78 is 0.135. The van der Waals surface area contributed by atoms with Crippen LogP contribution in [0.25, 0.3) is 0 Å². The van der Waals surface area contributed by atoms with Gasteiger partial charge >= 0.3 is 0 Å². The molecule has 0 N–H and O–H groups in total. The average Bonchev–Trinajstić information content (AvgIpc) is 1.79. The number of unbranched alkanes of at least 4 members (excludes halogenated alkanes) is 1. The third kappa shape index (κ3) is 8.15. The molecule has 0 spiro atoms. The van der Waals surface area contributed by atoms with Crippen molar-refractivity contribution in [2.45, 2.75) is 39.5 Å². The monoisotopic (exact) mass is 206 g/mol. The van der Waals surface area contributed by atoms with Crippen molar-refractivity contribution in [2.24, 2.45) is 5.92 Å². The summed E-state index contributed by atoms with van der Waals surface area (Å²) in [6.07, 6.45) is 4.13. The molecule has 0 aromatic carbocycles. The summed E-state index contributed by atoms with van der Waals surface area (Å²) in [5.74, 6) is 0.769. The van der Waals surface area contributed by atoms with Crippen LogP contribution in [0.4, 0.5) is 0 Å². The van der Waals surface area contributed by atoms with Crippen LogP contribution in [0.1, 0.15) is 39.5 Å². The van der Waals surface area contributed by atoms with Crippen molar-refractivity contribution in [3.63, 3.8) is 0 Å². The third-order valence-corrected chi connectivity index (χ3v) is 1.80. The lowest BCUT2D eigenvalue weighted by atomic mass is 10.1. The molecule has 0 unspecified atom stereocenters. The van der Waals surface area contributed by atoms with Crippen LogP contribution in [0.5, 0.6) is 0 Å². The summed E-state index contributed by atoms with van der Waals surface area (Å²) in [6.45, 7) is 4.41. The molecule has 0 saturated carbocycles. The molecule has 0 aliphatic carbocycles. The molecule has 60 valence electrons. The molecular weight excluding hydrogens is 192 g/mol. The molecule has 0 aromatic rings. The van der Waals surface area contributed by atoms with Gasteiger partial charge in [0.25, 0.3) is 0 Å². The van der Waals surface area contributed by atoms with Gasteiger partial charge in [0.2, 0.25) is 0 Å². The molecule has 1 nitrogen and oxygen atoms in total. The Hall–Kier alpha value is 0.150. The van der Waals surface area contributed by atoms with Gasteiger partial charge in [-0.15, -0.1) is 0 Å². The molecule has 0 fully saturated rings. The van der Waals surface area contributed by atoms with Crippen LogP contribution in [0.3, 0.4) is 0 Å². The second-order valence-corrected chi connectivity index (χ2v) is 3.88. The zero-order valence-corrected chi connectivity index (χ0v) is 8.28. The van der Waals surface area contributed by atoms with Crippen LogP contribution < -0.4 is 0 Å². The Bertz CT molecular complexity index is 99.4. The van der Waals surface area contributed by atoms with E-state index in [-0.39, 0.29) is 4.69 Å². The summed E-state index contributed by atoms with van der Waals surface area (Å²) in [4.78, 5) is 10.4. The Kier molecular flexibility index (Phi) is 5.99. The topological polar surface area (TPSA) is 17.1 Å². The molecule has 0 aliphatic heterocycles. The first kappa shape index (κ1) is 10.2. The minimum atomic E-state index is 0.135. The molecule has 2 heteroatoms. The molecular formula is C8H15BrO. The van der Waals surface area contributed by atoms with E-state index < -0.39 is 0 Å². The lowest BCUT2D eigenvalue weighted by Gasteiger charge is -2.01. The van der Waals surface area contributed by atoms with Gasteiger partial charge in [-0.3, -0.25) is 4.79 Å². The van der Waals surface area contributed by atoms with Crippen molar-refractivity contribution in [2.75, 3.05) is 0 Å². The number of carbonyl (C=O) groups is 1. The molecule has 0 heterocycles. The number of rotatable bonds is 5. The maximum atomic E-state index is 10.4. The Morgan fingerprint density at radius 2 is 2.00 bits per heavy atom. The minimum Gasteiger partial charge on any atom is -0.287 e. The number of carbonyl (C=O) groups excluding carboxylic acids is 1. The highest BCUT2D eigenvalue weighted by molar-refractivity contribution is 9.18. The minimum absolute atomic E-state index is 0.135. The number of hydrogen-bond acceptors (Lipinski definition) is 1. The van der Waals surface area contributed by atoms with Crippen molar-refractivity contribution in [1.82, 2.24) is 0 Å². The molecule has 0 atom stereocenters. The van der Waals surface area contributed by atoms with E-state index in [2.05, 4.69) is 29.8 Å². The fourth-order valence-electron chi connectivity index (χ4n) is 0.817. The summed E-state index contributed by atoms with van der Waals surface area (Å²) in [5.41, 5.74) is 0. The number of halogens is 1. The maximum absolute atomic E-state index is 10.4. The smallest absolute Gasteiger partial charge is 0.197 e. The van der Waals surface area contributed by atoms with Gasteiger partial charge in [-0.05, 0) is 28.3 Å². The van der Waals surface area contributed by atoms with E-state index >= 15 is 0 Å². The zero-order valence-electron chi connectivity index (χ0n) is 6.69. The van der Waals surface area contributed by atoms with Gasteiger partial charge in [0, 0.05) is 6.42 Å². The normalized spacial score (nSPS) is 10.4. The summed E-state index contributed by atoms with van der Waals surface area (Å²) >= 11 is 2.90. The van der Waals surface area contributed by atoms with Gasteiger partial charge in [-0.2, -0.15) is 0 Å². The predicted molar refractivity (Wildman–Crippen MR) is 47.2 cm³/mol. The molecule has 0 rings (SSSR count). The van der Waals surface area contributed by atoms with Crippen LogP contribution in [0.2, 0.25) is 0 Å². The summed E-state index contributed by atoms with van der Waals surface area (Å²) in [7, 11) is 0. The summed E-state index contributed by atoms with van der Waals surface area (Å²) in [6, 6.07) is 0. The molecule has 0 aromatic heterocycles. The van der Waals surface area contributed by atoms with Crippen molar-refractivity contribution < 1.29 is 4.79 Å². The van der Waals surface area contributed by atoms with Crippen molar-refractivity contribution in [3.05, 3.63) is 0 Å². The molecule has 0 amide bonds. The molecule has 0 radical (unpaired) electrons. The van der Waals surface area contributed by atoms with Gasteiger partial charge in [-0.1, -0.05) is 26.7 Å². The number of hydrogen-bond donors (Lipinski definition) is 0. The molecule has 0 aliphatic rings. The van der Waals surface area contributed by atoms with Crippen LogP contribution in [0, 0.1) is 5.92 Å². The maximum Gasteiger partial charge on any atom is 0.197 e. The first-order chi connectivity index (χ1) is 4.63. The van der Waals surface area contributed by atoms with E-state index in [1.807, 2.05) is 0 Å². The lowest BCUT2D eigenvalue weighted by molar-refractivity contribution is -0.110. The van der Waals surface area contributed by atoms with Gasteiger partial charge in [0.15, 0.2) is 4.69 Å². The largest absolute Gasteiger partial charge is 0.287 e. The lowest BCUT2D eigenvalue weighted by Crippen LogP contribution is -1.89. The quantitative estimate of drug-likeness (QED) is 0.500. The van der Waals surface area contributed by atoms with Gasteiger partial charge in [0.05, 0.1) is 0 Å². The Balaban J connectivity index is 2.98. The van der Waals surface area contributed by atoms with Crippen LogP contribution in [0.15, 0.2) is 0 Å². The SMILES string of the molecule is CC(C)CCCCC(=O)Br. The highest BCUT2D eigenvalue weighted by atomic mass is 79.9. The Morgan fingerprint density at radius 3 is 2.40 bits per heavy atom. The van der Waals surface area contributed by atoms with Crippen LogP contribution >= 0.6 is 15.9 Å². The Morgan fingerprint density at radius 1 is 1.40 bits per heavy atom. The van der Waals surface area contributed by atoms with Gasteiger partial charge < -0.3 is 0 Å². The van der Waals surface area contributed by atoms with Crippen LogP contribution in [-0.2, 0) is 4.79 Å². The predicted octanol–water partition coefficient (Wildman–Crippen LogP) is 3.12. The van der Waals surface area contributed by atoms with Crippen LogP contribution in [-0.4, -0.2) is 4.69 Å². The van der Waals surface area contributed by atoms with E-state index in [4.69, 9.17) is 0 Å². The van der Waals surface area contributed by atoms with E-state index in [0.717, 1.165) is 12.3 Å². The highest BCUT2D eigenvalue weighted by Crippen LogP contribution is 2.09. The zero-order chi connectivity index (χ0) is 7.98. The molecule has 10 heavy (non-hydrogen) atoms. The molecule has 0 saturated heterocycles. The van der Waals surface area contributed by atoms with Crippen molar-refractivity contribution >= 4 is 20.6 Å². The fourth-order valence-corrected chi connectivity index (χ4v) is 1.10. The Labute approximate surface area is 71.3 Å². The highest BCUT2D eigenvalue weighted by Gasteiger charge is 1.96. The summed E-state index contributed by atoms with van der Waals surface area (Å²) in [5, 5.41) is 0. The molecule has 0 bridgehead atoms.